The van der Waals surface area contributed by atoms with Crippen molar-refractivity contribution in [3.8, 4) is 0 Å². The molecule has 4 rings (SSSR count). The molecular formula is C24H25N3O3S2. The molecule has 2 aromatic rings. The molecule has 8 heteroatoms. The Bertz CT molecular complexity index is 1100. The van der Waals surface area contributed by atoms with Gasteiger partial charge in [0.15, 0.2) is 5.17 Å². The number of rotatable bonds is 6. The van der Waals surface area contributed by atoms with Crippen LogP contribution in [0.3, 0.4) is 0 Å². The number of aliphatic imine (C=N–C) groups is 1. The van der Waals surface area contributed by atoms with Crippen LogP contribution in [-0.2, 0) is 9.53 Å². The average molecular weight is 468 g/mol. The third-order valence-electron chi connectivity index (χ3n) is 5.13. The van der Waals surface area contributed by atoms with Gasteiger partial charge in [0.2, 0.25) is 0 Å². The predicted molar refractivity (Wildman–Crippen MR) is 131 cm³/mol. The SMILES string of the molecule is CCCCN1C(=O)/C(=C2/Sc3ccccc3N2C)SC1=Nc1ccc(C(=O)OCC)cc1. The second-order valence-electron chi connectivity index (χ2n) is 7.34. The van der Waals surface area contributed by atoms with Crippen molar-refractivity contribution in [3.05, 3.63) is 64.0 Å². The largest absolute Gasteiger partial charge is 0.462 e. The van der Waals surface area contributed by atoms with Crippen LogP contribution in [0.5, 0.6) is 0 Å². The lowest BCUT2D eigenvalue weighted by atomic mass is 10.2. The number of esters is 1. The number of hydrogen-bond donors (Lipinski definition) is 0. The summed E-state index contributed by atoms with van der Waals surface area (Å²) < 4.78 is 5.04. The maximum atomic E-state index is 13.4. The number of fused-ring (bicyclic) bond motifs is 1. The molecule has 0 aromatic heterocycles. The number of anilines is 1. The van der Waals surface area contributed by atoms with Crippen LogP contribution in [0.25, 0.3) is 0 Å². The number of para-hydroxylation sites is 1. The van der Waals surface area contributed by atoms with Crippen LogP contribution in [0.2, 0.25) is 0 Å². The fraction of sp³-hybridized carbons (Fsp3) is 0.292. The average Bonchev–Trinajstić information content (AvgIpc) is 3.29. The van der Waals surface area contributed by atoms with E-state index in [0.29, 0.717) is 34.5 Å². The van der Waals surface area contributed by atoms with E-state index in [1.807, 2.05) is 19.2 Å². The molecular weight excluding hydrogens is 442 g/mol. The van der Waals surface area contributed by atoms with Gasteiger partial charge >= 0.3 is 5.97 Å². The lowest BCUT2D eigenvalue weighted by Crippen LogP contribution is -2.30. The van der Waals surface area contributed by atoms with Gasteiger partial charge in [0.1, 0.15) is 4.91 Å². The topological polar surface area (TPSA) is 62.2 Å². The second-order valence-corrected chi connectivity index (χ2v) is 9.35. The number of ether oxygens (including phenoxy) is 1. The van der Waals surface area contributed by atoms with Crippen molar-refractivity contribution in [3.63, 3.8) is 0 Å². The van der Waals surface area contributed by atoms with Gasteiger partial charge in [0.25, 0.3) is 5.91 Å². The van der Waals surface area contributed by atoms with E-state index in [1.165, 1.54) is 11.8 Å². The van der Waals surface area contributed by atoms with Gasteiger partial charge in [-0.1, -0.05) is 37.2 Å². The highest BCUT2D eigenvalue weighted by Gasteiger charge is 2.38. The van der Waals surface area contributed by atoms with E-state index in [1.54, 1.807) is 47.9 Å². The normalized spacial score (nSPS) is 19.1. The quantitative estimate of drug-likeness (QED) is 0.405. The number of nitrogens with zero attached hydrogens (tertiary/aromatic N) is 3. The number of hydrogen-bond acceptors (Lipinski definition) is 7. The summed E-state index contributed by atoms with van der Waals surface area (Å²) in [6.45, 7) is 4.85. The van der Waals surface area contributed by atoms with Crippen LogP contribution in [0.1, 0.15) is 37.0 Å². The molecule has 0 radical (unpaired) electrons. The van der Waals surface area contributed by atoms with Crippen LogP contribution in [0.15, 0.2) is 68.4 Å². The molecule has 2 aromatic carbocycles. The van der Waals surface area contributed by atoms with E-state index in [4.69, 9.17) is 9.73 Å². The molecule has 166 valence electrons. The Balaban J connectivity index is 1.64. The standard InChI is InChI=1S/C24H25N3O3S2/c1-4-6-15-27-21(28)20(22-26(3)18-9-7-8-10-19(18)31-22)32-24(27)25-17-13-11-16(12-14-17)23(29)30-5-2/h7-14H,4-6,15H2,1-3H3/b22-20-,25-24?. The molecule has 0 atom stereocenters. The first-order chi connectivity index (χ1) is 15.5. The number of carbonyl (C=O) groups excluding carboxylic acids is 2. The molecule has 0 unspecified atom stereocenters. The highest BCUT2D eigenvalue weighted by atomic mass is 32.2. The summed E-state index contributed by atoms with van der Waals surface area (Å²) in [4.78, 5) is 35.7. The molecule has 1 fully saturated rings. The van der Waals surface area contributed by atoms with Gasteiger partial charge in [0.05, 0.1) is 28.6 Å². The minimum absolute atomic E-state index is 0.00694. The Morgan fingerprint density at radius 1 is 1.06 bits per heavy atom. The maximum Gasteiger partial charge on any atom is 0.338 e. The van der Waals surface area contributed by atoms with Crippen molar-refractivity contribution in [2.24, 2.45) is 4.99 Å². The number of benzene rings is 2. The van der Waals surface area contributed by atoms with Crippen molar-refractivity contribution in [1.29, 1.82) is 0 Å². The smallest absolute Gasteiger partial charge is 0.338 e. The van der Waals surface area contributed by atoms with E-state index in [2.05, 4.69) is 24.0 Å². The van der Waals surface area contributed by atoms with E-state index < -0.39 is 0 Å². The minimum atomic E-state index is -0.352. The van der Waals surface area contributed by atoms with Crippen LogP contribution in [-0.4, -0.2) is 42.1 Å². The second kappa shape index (κ2) is 9.83. The predicted octanol–water partition coefficient (Wildman–Crippen LogP) is 5.64. The minimum Gasteiger partial charge on any atom is -0.462 e. The highest BCUT2D eigenvalue weighted by molar-refractivity contribution is 8.19. The third kappa shape index (κ3) is 4.42. The molecule has 0 bridgehead atoms. The van der Waals surface area contributed by atoms with E-state index >= 15 is 0 Å². The van der Waals surface area contributed by atoms with Gasteiger partial charge < -0.3 is 9.64 Å². The van der Waals surface area contributed by atoms with Gasteiger partial charge in [-0.3, -0.25) is 9.69 Å². The van der Waals surface area contributed by atoms with E-state index in [0.717, 1.165) is 28.5 Å². The van der Waals surface area contributed by atoms with Crippen molar-refractivity contribution in [1.82, 2.24) is 4.90 Å². The highest BCUT2D eigenvalue weighted by Crippen LogP contribution is 2.50. The van der Waals surface area contributed by atoms with Crippen LogP contribution in [0, 0.1) is 0 Å². The first-order valence-corrected chi connectivity index (χ1v) is 12.3. The van der Waals surface area contributed by atoms with Gasteiger partial charge in [-0.25, -0.2) is 9.79 Å². The number of carbonyl (C=O) groups is 2. The summed E-state index contributed by atoms with van der Waals surface area (Å²) in [5, 5.41) is 1.60. The van der Waals surface area contributed by atoms with E-state index in [-0.39, 0.29) is 11.9 Å². The van der Waals surface area contributed by atoms with Gasteiger partial charge in [-0.05, 0) is 61.5 Å². The molecule has 2 aliphatic rings. The number of amides is 1. The monoisotopic (exact) mass is 467 g/mol. The Morgan fingerprint density at radius 2 is 1.81 bits per heavy atom. The van der Waals surface area contributed by atoms with Crippen molar-refractivity contribution < 1.29 is 14.3 Å². The molecule has 2 heterocycles. The van der Waals surface area contributed by atoms with Crippen LogP contribution < -0.4 is 4.90 Å². The Kier molecular flexibility index (Phi) is 6.91. The molecule has 0 aliphatic carbocycles. The third-order valence-corrected chi connectivity index (χ3v) is 7.57. The van der Waals surface area contributed by atoms with E-state index in [9.17, 15) is 9.59 Å². The van der Waals surface area contributed by atoms with Gasteiger partial charge in [-0.2, -0.15) is 0 Å². The van der Waals surface area contributed by atoms with Crippen molar-refractivity contribution in [2.45, 2.75) is 31.6 Å². The van der Waals surface area contributed by atoms with Crippen molar-refractivity contribution >= 4 is 51.9 Å². The zero-order valence-electron chi connectivity index (χ0n) is 18.3. The molecule has 0 N–H and O–H groups in total. The molecule has 6 nitrogen and oxygen atoms in total. The van der Waals surface area contributed by atoms with Gasteiger partial charge in [-0.15, -0.1) is 0 Å². The maximum absolute atomic E-state index is 13.4. The Morgan fingerprint density at radius 3 is 2.50 bits per heavy atom. The summed E-state index contributed by atoms with van der Waals surface area (Å²) in [6.07, 6.45) is 1.89. The molecule has 1 amide bonds. The lowest BCUT2D eigenvalue weighted by Gasteiger charge is -2.16. The number of amidine groups is 1. The summed E-state index contributed by atoms with van der Waals surface area (Å²) in [6, 6.07) is 15.1. The summed E-state index contributed by atoms with van der Waals surface area (Å²) in [5.74, 6) is -0.359. The fourth-order valence-corrected chi connectivity index (χ4v) is 5.80. The first-order valence-electron chi connectivity index (χ1n) is 10.6. The van der Waals surface area contributed by atoms with Crippen molar-refractivity contribution in [2.75, 3.05) is 25.1 Å². The molecule has 32 heavy (non-hydrogen) atoms. The Labute approximate surface area is 196 Å². The molecule has 2 aliphatic heterocycles. The summed E-state index contributed by atoms with van der Waals surface area (Å²) in [5.41, 5.74) is 2.28. The van der Waals surface area contributed by atoms with Crippen LogP contribution >= 0.6 is 23.5 Å². The summed E-state index contributed by atoms with van der Waals surface area (Å²) in [7, 11) is 1.99. The molecule has 0 saturated carbocycles. The zero-order valence-corrected chi connectivity index (χ0v) is 20.0. The Hall–Kier alpha value is -2.71. The molecule has 1 saturated heterocycles. The first kappa shape index (κ1) is 22.5. The fourth-order valence-electron chi connectivity index (χ4n) is 3.43. The lowest BCUT2D eigenvalue weighted by molar-refractivity contribution is -0.122. The van der Waals surface area contributed by atoms with Crippen LogP contribution in [0.4, 0.5) is 11.4 Å². The summed E-state index contributed by atoms with van der Waals surface area (Å²) >= 11 is 3.03. The van der Waals surface area contributed by atoms with Gasteiger partial charge in [0, 0.05) is 18.5 Å². The zero-order chi connectivity index (χ0) is 22.7. The molecule has 0 spiro atoms. The number of unbranched alkanes of at least 4 members (excludes halogenated alkanes) is 1. The number of thioether (sulfide) groups is 2.